The summed E-state index contributed by atoms with van der Waals surface area (Å²) < 4.78 is 49.5. The molecule has 3 unspecified atom stereocenters. The van der Waals surface area contributed by atoms with Gasteiger partial charge in [-0.2, -0.15) is 4.98 Å². The first kappa shape index (κ1) is 49.6. The minimum absolute atomic E-state index is 0.0931. The maximum absolute atomic E-state index is 11.7. The molecule has 1 aliphatic heterocycles. The maximum Gasteiger partial charge on any atom is 0.352 e. The summed E-state index contributed by atoms with van der Waals surface area (Å²) in [7, 11) is -17.6. The normalized spacial score (nSPS) is 19.2. The summed E-state index contributed by atoms with van der Waals surface area (Å²) in [6.07, 6.45) is -0.691. The van der Waals surface area contributed by atoms with E-state index in [1.54, 1.807) is 14.7 Å². The third-order valence-corrected chi connectivity index (χ3v) is 11.0. The van der Waals surface area contributed by atoms with Gasteiger partial charge in [-0.25, -0.2) is 13.4 Å². The molecule has 0 amide bonds. The molecule has 1 aromatic heterocycles. The van der Waals surface area contributed by atoms with Crippen LogP contribution in [0, 0.1) is 0 Å². The Bertz CT molecular complexity index is 1230. The Labute approximate surface area is 290 Å². The molecule has 0 aliphatic carbocycles. The van der Waals surface area contributed by atoms with Gasteiger partial charge in [0.25, 0.3) is 23.5 Å². The number of ether oxygens (including phenoxy) is 1. The Morgan fingerprint density at radius 2 is 1.22 bits per heavy atom. The molecule has 1 aromatic rings. The molecule has 0 spiro atoms. The number of aromatic nitrogens is 2. The molecule has 0 aromatic carbocycles. The molecule has 1 aliphatic rings. The highest BCUT2D eigenvalue weighted by molar-refractivity contribution is 7.65. The third-order valence-electron chi connectivity index (χ3n) is 7.31. The second kappa shape index (κ2) is 25.4. The number of quaternary nitrogens is 3. The van der Waals surface area contributed by atoms with E-state index in [1.165, 1.54) is 65.0 Å². The van der Waals surface area contributed by atoms with E-state index in [2.05, 4.69) is 80.4 Å². The Kier molecular flexibility index (Phi) is 25.7. The number of anilines is 1. The number of nitrogen functional groups attached to an aromatic ring is 1. The molecular weight excluding hydrogens is 709 g/mol. The van der Waals surface area contributed by atoms with E-state index in [-0.39, 0.29) is 11.6 Å². The fraction of sp³-hybridized carbons (Fsp3) is 0.778. The van der Waals surface area contributed by atoms with Crippen molar-refractivity contribution in [1.29, 1.82) is 0 Å². The summed E-state index contributed by atoms with van der Waals surface area (Å²) in [5, 5.41) is 9.89. The van der Waals surface area contributed by atoms with Gasteiger partial charge in [0.2, 0.25) is 6.23 Å². The number of hydrogen-bond donors (Lipinski definition) is 6. The number of phosphoric acid groups is 3. The van der Waals surface area contributed by atoms with Gasteiger partial charge in [0.05, 0.1) is 58.9 Å². The highest BCUT2D eigenvalue weighted by atomic mass is 31.3. The van der Waals surface area contributed by atoms with Gasteiger partial charge in [-0.15, -0.1) is 0 Å². The number of phosphoric ester groups is 1. The van der Waals surface area contributed by atoms with Gasteiger partial charge in [-0.3, -0.25) is 18.3 Å². The second-order valence-corrected chi connectivity index (χ2v) is 14.7. The average Bonchev–Trinajstić information content (AvgIpc) is 3.38. The first-order chi connectivity index (χ1) is 22.7. The molecule has 22 heteroatoms. The van der Waals surface area contributed by atoms with Crippen molar-refractivity contribution in [2.75, 3.05) is 71.2 Å². The van der Waals surface area contributed by atoms with Gasteiger partial charge in [-0.05, 0) is 74.5 Å². The molecule has 0 fully saturated rings. The molecule has 290 valence electrons. The average molecular weight is 769 g/mol. The van der Waals surface area contributed by atoms with Crippen molar-refractivity contribution >= 4 is 29.3 Å². The van der Waals surface area contributed by atoms with Gasteiger partial charge < -0.3 is 54.4 Å². The highest BCUT2D eigenvalue weighted by Gasteiger charge is 2.31. The highest BCUT2D eigenvalue weighted by Crippen LogP contribution is 2.61. The van der Waals surface area contributed by atoms with Crippen LogP contribution in [-0.4, -0.2) is 91.2 Å². The van der Waals surface area contributed by atoms with Gasteiger partial charge in [0, 0.05) is 6.20 Å². The van der Waals surface area contributed by atoms with Crippen LogP contribution in [0.2, 0.25) is 0 Å². The van der Waals surface area contributed by atoms with Crippen molar-refractivity contribution < 1.29 is 71.0 Å². The smallest absolute Gasteiger partial charge is 0.352 e. The molecule has 0 saturated carbocycles. The molecule has 0 radical (unpaired) electrons. The fourth-order valence-electron chi connectivity index (χ4n) is 4.14. The minimum atomic E-state index is -6.03. The van der Waals surface area contributed by atoms with Gasteiger partial charge in [0.1, 0.15) is 24.3 Å². The Morgan fingerprint density at radius 1 is 0.816 bits per heavy atom. The number of hydrogen-bond acceptors (Lipinski definition) is 14. The summed E-state index contributed by atoms with van der Waals surface area (Å²) in [5.41, 5.74) is 4.44. The van der Waals surface area contributed by atoms with Crippen LogP contribution >= 0.6 is 23.5 Å². The third kappa shape index (κ3) is 22.8. The van der Waals surface area contributed by atoms with Crippen LogP contribution in [0.3, 0.4) is 0 Å². The lowest BCUT2D eigenvalue weighted by Gasteiger charge is -2.32. The van der Waals surface area contributed by atoms with E-state index in [0.29, 0.717) is 0 Å². The lowest BCUT2D eigenvalue weighted by atomic mass is 10.3. The zero-order valence-electron chi connectivity index (χ0n) is 30.2. The predicted molar refractivity (Wildman–Crippen MR) is 178 cm³/mol. The Balaban J connectivity index is 0. The molecule has 0 saturated heterocycles. The molecule has 19 nitrogen and oxygen atoms in total. The first-order valence-electron chi connectivity index (χ1n) is 16.4. The van der Waals surface area contributed by atoms with Gasteiger partial charge in [0.15, 0.2) is 0 Å². The summed E-state index contributed by atoms with van der Waals surface area (Å²) >= 11 is 0. The topological polar surface area (TPSA) is 272 Å². The number of aliphatic hydroxyl groups excluding tert-OH is 1. The van der Waals surface area contributed by atoms with Crippen molar-refractivity contribution in [3.8, 4) is 0 Å². The van der Waals surface area contributed by atoms with Crippen LogP contribution in [-0.2, 0) is 31.6 Å². The van der Waals surface area contributed by atoms with E-state index in [4.69, 9.17) is 15.4 Å². The molecule has 0 bridgehead atoms. The van der Waals surface area contributed by atoms with Crippen LogP contribution in [0.15, 0.2) is 28.9 Å². The summed E-state index contributed by atoms with van der Waals surface area (Å²) in [4.78, 5) is 61.3. The lowest BCUT2D eigenvalue weighted by molar-refractivity contribution is -0.894. The zero-order valence-corrected chi connectivity index (χ0v) is 32.8. The van der Waals surface area contributed by atoms with Gasteiger partial charge >= 0.3 is 5.69 Å². The van der Waals surface area contributed by atoms with Crippen molar-refractivity contribution in [3.63, 3.8) is 0 Å². The van der Waals surface area contributed by atoms with E-state index in [0.717, 1.165) is 16.8 Å². The number of rotatable bonds is 17. The van der Waals surface area contributed by atoms with Crippen LogP contribution in [0.1, 0.15) is 68.5 Å². The molecular formula is C27H59N6O13P3. The summed E-state index contributed by atoms with van der Waals surface area (Å²) in [6.45, 7) is 30.5. The SMILES string of the molecule is CC[NH+](CC)CC.CC[NH+](CC)CC.CC[NH+](CC)CC.Nc1ccn([C@@H]2OC(COP(=O)([O-])OP(=O)([O-])OP(=O)([O-])O)=C[C@H]2O)c(=O)n1. The van der Waals surface area contributed by atoms with E-state index in [1.807, 2.05) is 0 Å². The second-order valence-electron chi connectivity index (χ2n) is 10.4. The van der Waals surface area contributed by atoms with Crippen LogP contribution in [0.5, 0.6) is 0 Å². The Morgan fingerprint density at radius 3 is 1.55 bits per heavy atom. The number of nitrogens with two attached hydrogens (primary N) is 1. The summed E-state index contributed by atoms with van der Waals surface area (Å²) in [5.74, 6) is -0.441. The van der Waals surface area contributed by atoms with E-state index in [9.17, 15) is 38.3 Å². The molecule has 2 rings (SSSR count). The van der Waals surface area contributed by atoms with E-state index >= 15 is 0 Å². The van der Waals surface area contributed by atoms with Crippen molar-refractivity contribution in [3.05, 3.63) is 34.6 Å². The van der Waals surface area contributed by atoms with Crippen molar-refractivity contribution in [2.45, 2.75) is 74.6 Å². The standard InChI is InChI=1S/C9H14N3O13P3.3C6H15N/c10-7-1-2-12(9(14)11-7)8-6(13)3-5(23-8)4-22-27(18,19)25-28(20,21)24-26(15,16)17;3*1-4-7(5-2)6-3/h1-3,6,8,13H,4H2,(H,18,19)(H,20,21)(H2,10,11,14)(H2,15,16,17);3*4-6H2,1-3H3/t6-,8-;;;/m1.../s1. The van der Waals surface area contributed by atoms with Crippen LogP contribution < -0.4 is 40.8 Å². The summed E-state index contributed by atoms with van der Waals surface area (Å²) in [6, 6.07) is 1.23. The van der Waals surface area contributed by atoms with E-state index < -0.39 is 48.1 Å². The van der Waals surface area contributed by atoms with Crippen molar-refractivity contribution in [2.24, 2.45) is 0 Å². The monoisotopic (exact) mass is 768 g/mol. The van der Waals surface area contributed by atoms with Crippen molar-refractivity contribution in [1.82, 2.24) is 9.55 Å². The predicted octanol–water partition coefficient (Wildman–Crippen LogP) is -3.16. The molecule has 7 N–H and O–H groups in total. The largest absolute Gasteiger partial charge is 0.756 e. The Hall–Kier alpha value is -1.53. The van der Waals surface area contributed by atoms with Gasteiger partial charge in [-0.1, -0.05) is 0 Å². The fourth-order valence-corrected chi connectivity index (χ4v) is 6.99. The number of nitrogens with one attached hydrogen (secondary N) is 3. The number of nitrogens with zero attached hydrogens (tertiary/aromatic N) is 2. The quantitative estimate of drug-likeness (QED) is 0.0854. The van der Waals surface area contributed by atoms with Crippen LogP contribution in [0.25, 0.3) is 0 Å². The molecule has 5 atom stereocenters. The minimum Gasteiger partial charge on any atom is -0.756 e. The zero-order chi connectivity index (χ0) is 38.4. The van der Waals surface area contributed by atoms with Crippen LogP contribution in [0.4, 0.5) is 5.82 Å². The first-order valence-corrected chi connectivity index (χ1v) is 20.8. The maximum atomic E-state index is 11.7. The molecule has 49 heavy (non-hydrogen) atoms. The lowest BCUT2D eigenvalue weighted by Crippen LogP contribution is -3.11. The number of aliphatic hydroxyl groups is 1. The molecule has 2 heterocycles.